The lowest BCUT2D eigenvalue weighted by Crippen LogP contribution is -2.97. The van der Waals surface area contributed by atoms with E-state index in [0.717, 1.165) is 30.0 Å². The molecular formula is C24H30NO+. The van der Waals surface area contributed by atoms with Crippen LogP contribution in [0.3, 0.4) is 0 Å². The van der Waals surface area contributed by atoms with Gasteiger partial charge >= 0.3 is 0 Å². The quantitative estimate of drug-likeness (QED) is 0.827. The van der Waals surface area contributed by atoms with Gasteiger partial charge in [-0.3, -0.25) is 0 Å². The Morgan fingerprint density at radius 1 is 0.808 bits per heavy atom. The van der Waals surface area contributed by atoms with Crippen molar-refractivity contribution >= 4 is 0 Å². The average Bonchev–Trinajstić information content (AvgIpc) is 2.65. The standard InChI is InChI=1S/C24H29NO/c1-2-6-18(7-3-1)17-26-23-9-5-4-8-22(23)16-25-24-13-19-10-20(14-24)12-21(11-19)15-24/h1-9,19-21,25H,10-17H2/p+1. The molecular weight excluding hydrogens is 318 g/mol. The Bertz CT molecular complexity index is 719. The number of hydrogen-bond donors (Lipinski definition) is 1. The molecule has 4 fully saturated rings. The number of benzene rings is 2. The summed E-state index contributed by atoms with van der Waals surface area (Å²) in [6, 6.07) is 19.1. The zero-order valence-electron chi connectivity index (χ0n) is 15.6. The Kier molecular flexibility index (Phi) is 4.24. The molecule has 6 rings (SSSR count). The molecule has 4 aliphatic rings. The maximum atomic E-state index is 6.17. The largest absolute Gasteiger partial charge is 0.488 e. The van der Waals surface area contributed by atoms with Gasteiger partial charge in [-0.1, -0.05) is 42.5 Å². The predicted octanol–water partition coefficient (Wildman–Crippen LogP) is 4.30. The molecule has 2 N–H and O–H groups in total. The van der Waals surface area contributed by atoms with Crippen molar-refractivity contribution in [1.29, 1.82) is 0 Å². The summed E-state index contributed by atoms with van der Waals surface area (Å²) in [4.78, 5) is 0. The van der Waals surface area contributed by atoms with Crippen molar-refractivity contribution in [3.05, 3.63) is 65.7 Å². The number of quaternary nitrogens is 1. The van der Waals surface area contributed by atoms with E-state index in [-0.39, 0.29) is 0 Å². The average molecular weight is 349 g/mol. The summed E-state index contributed by atoms with van der Waals surface area (Å²) < 4.78 is 6.17. The first kappa shape index (κ1) is 16.4. The van der Waals surface area contributed by atoms with E-state index >= 15 is 0 Å². The maximum absolute atomic E-state index is 6.17. The molecule has 26 heavy (non-hydrogen) atoms. The van der Waals surface area contributed by atoms with Gasteiger partial charge in [-0.05, 0) is 54.7 Å². The monoisotopic (exact) mass is 348 g/mol. The summed E-state index contributed by atoms with van der Waals surface area (Å²) in [7, 11) is 0. The highest BCUT2D eigenvalue weighted by Gasteiger charge is 2.53. The van der Waals surface area contributed by atoms with E-state index in [4.69, 9.17) is 4.74 Å². The van der Waals surface area contributed by atoms with Crippen LogP contribution in [0.2, 0.25) is 0 Å². The van der Waals surface area contributed by atoms with Crippen LogP contribution in [0.5, 0.6) is 5.75 Å². The fourth-order valence-corrected chi connectivity index (χ4v) is 6.30. The van der Waals surface area contributed by atoms with Gasteiger partial charge in [0, 0.05) is 24.8 Å². The van der Waals surface area contributed by atoms with Crippen LogP contribution in [0.4, 0.5) is 0 Å². The van der Waals surface area contributed by atoms with Gasteiger partial charge in [0.05, 0.1) is 5.54 Å². The zero-order chi connectivity index (χ0) is 17.4. The van der Waals surface area contributed by atoms with Crippen LogP contribution >= 0.6 is 0 Å². The molecule has 136 valence electrons. The molecule has 0 atom stereocenters. The SMILES string of the molecule is c1ccc(COc2ccccc2C[NH2+]C23CC4CC(CC(C4)C2)C3)cc1. The molecule has 4 aliphatic carbocycles. The van der Waals surface area contributed by atoms with E-state index in [9.17, 15) is 0 Å². The fraction of sp³-hybridized carbons (Fsp3) is 0.500. The van der Waals surface area contributed by atoms with Crippen LogP contribution in [-0.2, 0) is 13.2 Å². The molecule has 2 nitrogen and oxygen atoms in total. The first-order valence-electron chi connectivity index (χ1n) is 10.4. The third kappa shape index (κ3) is 3.27. The second-order valence-corrected chi connectivity index (χ2v) is 9.07. The van der Waals surface area contributed by atoms with Gasteiger partial charge in [-0.25, -0.2) is 0 Å². The van der Waals surface area contributed by atoms with E-state index in [0.29, 0.717) is 12.1 Å². The van der Waals surface area contributed by atoms with Crippen molar-refractivity contribution in [1.82, 2.24) is 0 Å². The van der Waals surface area contributed by atoms with Crippen LogP contribution < -0.4 is 10.1 Å². The van der Waals surface area contributed by atoms with Crippen molar-refractivity contribution in [2.24, 2.45) is 17.8 Å². The highest BCUT2D eigenvalue weighted by molar-refractivity contribution is 5.33. The van der Waals surface area contributed by atoms with Gasteiger partial charge in [-0.2, -0.15) is 0 Å². The molecule has 0 unspecified atom stereocenters. The number of nitrogens with two attached hydrogens (primary N) is 1. The van der Waals surface area contributed by atoms with Crippen LogP contribution in [0.1, 0.15) is 49.7 Å². The number of hydrogen-bond acceptors (Lipinski definition) is 1. The first-order valence-corrected chi connectivity index (χ1v) is 10.4. The van der Waals surface area contributed by atoms with Crippen LogP contribution in [0, 0.1) is 17.8 Å². The normalized spacial score (nSPS) is 31.9. The minimum Gasteiger partial charge on any atom is -0.488 e. The maximum Gasteiger partial charge on any atom is 0.128 e. The van der Waals surface area contributed by atoms with E-state index in [1.165, 1.54) is 49.7 Å². The summed E-state index contributed by atoms with van der Waals surface area (Å²) in [6.07, 6.45) is 8.90. The van der Waals surface area contributed by atoms with Gasteiger partial charge < -0.3 is 10.1 Å². The smallest absolute Gasteiger partial charge is 0.128 e. The third-order valence-corrected chi connectivity index (χ3v) is 7.05. The lowest BCUT2D eigenvalue weighted by Gasteiger charge is -2.54. The summed E-state index contributed by atoms with van der Waals surface area (Å²) >= 11 is 0. The Labute approximate surface area is 157 Å². The minimum atomic E-state index is 0.529. The number of para-hydroxylation sites is 1. The zero-order valence-corrected chi connectivity index (χ0v) is 15.6. The lowest BCUT2D eigenvalue weighted by atomic mass is 9.53. The van der Waals surface area contributed by atoms with Gasteiger partial charge in [0.2, 0.25) is 0 Å². The molecule has 2 aromatic rings. The number of ether oxygens (including phenoxy) is 1. The molecule has 2 heteroatoms. The van der Waals surface area contributed by atoms with E-state index in [1.54, 1.807) is 0 Å². The first-order chi connectivity index (χ1) is 12.8. The Hall–Kier alpha value is -1.80. The van der Waals surface area contributed by atoms with Crippen molar-refractivity contribution in [2.75, 3.05) is 0 Å². The highest BCUT2D eigenvalue weighted by Crippen LogP contribution is 2.54. The van der Waals surface area contributed by atoms with E-state index in [1.807, 2.05) is 0 Å². The third-order valence-electron chi connectivity index (χ3n) is 7.05. The minimum absolute atomic E-state index is 0.529. The molecule has 0 saturated heterocycles. The molecule has 2 aromatic carbocycles. The van der Waals surface area contributed by atoms with E-state index in [2.05, 4.69) is 59.9 Å². The number of rotatable bonds is 6. The van der Waals surface area contributed by atoms with E-state index < -0.39 is 0 Å². The van der Waals surface area contributed by atoms with Crippen molar-refractivity contribution in [2.45, 2.75) is 57.2 Å². The molecule has 0 aliphatic heterocycles. The summed E-state index contributed by atoms with van der Waals surface area (Å²) in [5.41, 5.74) is 3.10. The van der Waals surface area contributed by atoms with Crippen LogP contribution in [0.25, 0.3) is 0 Å². The lowest BCUT2D eigenvalue weighted by molar-refractivity contribution is -0.752. The highest BCUT2D eigenvalue weighted by atomic mass is 16.5. The van der Waals surface area contributed by atoms with Crippen LogP contribution in [0.15, 0.2) is 54.6 Å². The predicted molar refractivity (Wildman–Crippen MR) is 104 cm³/mol. The van der Waals surface area contributed by atoms with Crippen molar-refractivity contribution in [3.63, 3.8) is 0 Å². The second kappa shape index (κ2) is 6.74. The molecule has 0 radical (unpaired) electrons. The molecule has 0 spiro atoms. The fourth-order valence-electron chi connectivity index (χ4n) is 6.30. The molecule has 0 heterocycles. The van der Waals surface area contributed by atoms with Gasteiger partial charge in [0.25, 0.3) is 0 Å². The summed E-state index contributed by atoms with van der Waals surface area (Å²) in [5, 5.41) is 2.68. The van der Waals surface area contributed by atoms with Gasteiger partial charge in [0.1, 0.15) is 18.9 Å². The molecule has 4 bridgehead atoms. The Morgan fingerprint density at radius 2 is 1.42 bits per heavy atom. The van der Waals surface area contributed by atoms with Crippen molar-refractivity contribution < 1.29 is 10.1 Å². The topological polar surface area (TPSA) is 25.8 Å². The molecule has 4 saturated carbocycles. The van der Waals surface area contributed by atoms with Crippen LogP contribution in [-0.4, -0.2) is 5.54 Å². The van der Waals surface area contributed by atoms with Gasteiger partial charge in [-0.15, -0.1) is 0 Å². The van der Waals surface area contributed by atoms with Gasteiger partial charge in [0.15, 0.2) is 0 Å². The second-order valence-electron chi connectivity index (χ2n) is 9.07. The molecule has 0 aromatic heterocycles. The summed E-state index contributed by atoms with van der Waals surface area (Å²) in [6.45, 7) is 1.70. The Balaban J connectivity index is 1.26. The Morgan fingerprint density at radius 3 is 2.12 bits per heavy atom. The summed E-state index contributed by atoms with van der Waals surface area (Å²) in [5.74, 6) is 4.10. The molecule has 0 amide bonds. The van der Waals surface area contributed by atoms with Crippen molar-refractivity contribution in [3.8, 4) is 5.75 Å².